The molecule has 0 saturated carbocycles. The van der Waals surface area contributed by atoms with Crippen molar-refractivity contribution in [3.05, 3.63) is 36.2 Å². The lowest BCUT2D eigenvalue weighted by Crippen LogP contribution is -2.30. The molecule has 1 heterocycles. The second kappa shape index (κ2) is 4.19. The first kappa shape index (κ1) is 9.93. The summed E-state index contributed by atoms with van der Waals surface area (Å²) in [5, 5.41) is 0. The number of nitrogens with two attached hydrogens (primary N) is 1. The van der Waals surface area contributed by atoms with Gasteiger partial charge < -0.3 is 5.73 Å². The fourth-order valence-electron chi connectivity index (χ4n) is 0.973. The van der Waals surface area contributed by atoms with Crippen molar-refractivity contribution in [2.75, 3.05) is 0 Å². The molecule has 0 bridgehead atoms. The summed E-state index contributed by atoms with van der Waals surface area (Å²) < 4.78 is 0. The highest BCUT2D eigenvalue weighted by atomic mass is 14.7. The van der Waals surface area contributed by atoms with E-state index in [1.165, 1.54) is 0 Å². The minimum Gasteiger partial charge on any atom is -0.325 e. The van der Waals surface area contributed by atoms with Gasteiger partial charge in [-0.25, -0.2) is 0 Å². The van der Waals surface area contributed by atoms with Crippen molar-refractivity contribution in [1.29, 1.82) is 0 Å². The van der Waals surface area contributed by atoms with Crippen LogP contribution >= 0.6 is 0 Å². The fraction of sp³-hybridized carbons (Fsp3) is 0.364. The summed E-state index contributed by atoms with van der Waals surface area (Å²) in [6.07, 6.45) is 8.60. The summed E-state index contributed by atoms with van der Waals surface area (Å²) in [6.45, 7) is 4.03. The standard InChI is InChI=1S/C11H16N2/c1-11(2,12)7-3-5-10-6-4-8-13-9-10/h3-6,8-9H,7,12H2,1-2H3/b5-3+. The molecule has 0 aromatic carbocycles. The van der Waals surface area contributed by atoms with Crippen LogP contribution in [-0.4, -0.2) is 10.5 Å². The Hall–Kier alpha value is -1.15. The molecule has 1 rings (SSSR count). The maximum Gasteiger partial charge on any atom is 0.0340 e. The predicted octanol–water partition coefficient (Wildman–Crippen LogP) is 2.22. The van der Waals surface area contributed by atoms with Gasteiger partial charge in [0, 0.05) is 17.9 Å². The average Bonchev–Trinajstić information content (AvgIpc) is 2.04. The lowest BCUT2D eigenvalue weighted by molar-refractivity contribution is 0.528. The van der Waals surface area contributed by atoms with Crippen molar-refractivity contribution in [1.82, 2.24) is 4.98 Å². The molecule has 0 fully saturated rings. The van der Waals surface area contributed by atoms with Gasteiger partial charge in [0.25, 0.3) is 0 Å². The summed E-state index contributed by atoms with van der Waals surface area (Å²) >= 11 is 0. The number of nitrogens with zero attached hydrogens (tertiary/aromatic N) is 1. The van der Waals surface area contributed by atoms with Crippen LogP contribution < -0.4 is 5.73 Å². The van der Waals surface area contributed by atoms with Crippen LogP contribution in [0, 0.1) is 0 Å². The Kier molecular flexibility index (Phi) is 3.20. The Balaban J connectivity index is 2.51. The van der Waals surface area contributed by atoms with Crippen LogP contribution in [0.15, 0.2) is 30.6 Å². The first-order valence-corrected chi connectivity index (χ1v) is 4.43. The molecule has 0 saturated heterocycles. The van der Waals surface area contributed by atoms with Gasteiger partial charge in [0.1, 0.15) is 0 Å². The molecule has 0 unspecified atom stereocenters. The lowest BCUT2D eigenvalue weighted by Gasteiger charge is -2.14. The molecule has 13 heavy (non-hydrogen) atoms. The van der Waals surface area contributed by atoms with Crippen molar-refractivity contribution in [3.8, 4) is 0 Å². The third-order valence-corrected chi connectivity index (χ3v) is 1.64. The molecule has 1 aromatic rings. The zero-order valence-corrected chi connectivity index (χ0v) is 8.20. The Labute approximate surface area is 79.5 Å². The largest absolute Gasteiger partial charge is 0.325 e. The van der Waals surface area contributed by atoms with Crippen molar-refractivity contribution in [2.45, 2.75) is 25.8 Å². The van der Waals surface area contributed by atoms with E-state index in [4.69, 9.17) is 5.73 Å². The Morgan fingerprint density at radius 3 is 2.85 bits per heavy atom. The first-order valence-electron chi connectivity index (χ1n) is 4.43. The van der Waals surface area contributed by atoms with E-state index in [-0.39, 0.29) is 5.54 Å². The summed E-state index contributed by atoms with van der Waals surface area (Å²) in [5.74, 6) is 0. The monoisotopic (exact) mass is 176 g/mol. The SMILES string of the molecule is CC(C)(N)C/C=C/c1cccnc1. The van der Waals surface area contributed by atoms with Gasteiger partial charge >= 0.3 is 0 Å². The Morgan fingerprint density at radius 1 is 1.54 bits per heavy atom. The predicted molar refractivity (Wildman–Crippen MR) is 56.2 cm³/mol. The van der Waals surface area contributed by atoms with Crippen molar-refractivity contribution in [2.24, 2.45) is 5.73 Å². The van der Waals surface area contributed by atoms with Crippen LogP contribution in [0.2, 0.25) is 0 Å². The van der Waals surface area contributed by atoms with Gasteiger partial charge in [-0.3, -0.25) is 4.98 Å². The van der Waals surface area contributed by atoms with E-state index >= 15 is 0 Å². The minimum atomic E-state index is -0.126. The van der Waals surface area contributed by atoms with Crippen LogP contribution in [-0.2, 0) is 0 Å². The minimum absolute atomic E-state index is 0.126. The molecule has 70 valence electrons. The highest BCUT2D eigenvalue weighted by Gasteiger charge is 2.06. The average molecular weight is 176 g/mol. The van der Waals surface area contributed by atoms with Crippen LogP contribution in [0.5, 0.6) is 0 Å². The molecule has 2 N–H and O–H groups in total. The highest BCUT2D eigenvalue weighted by Crippen LogP contribution is 2.06. The van der Waals surface area contributed by atoms with Crippen LogP contribution in [0.4, 0.5) is 0 Å². The maximum atomic E-state index is 5.83. The third kappa shape index (κ3) is 4.43. The van der Waals surface area contributed by atoms with Crippen LogP contribution in [0.25, 0.3) is 6.08 Å². The van der Waals surface area contributed by atoms with E-state index in [0.29, 0.717) is 0 Å². The molecule has 0 aliphatic rings. The Morgan fingerprint density at radius 2 is 2.31 bits per heavy atom. The van der Waals surface area contributed by atoms with Gasteiger partial charge in [-0.1, -0.05) is 18.2 Å². The number of pyridine rings is 1. The van der Waals surface area contributed by atoms with Gasteiger partial charge in [-0.05, 0) is 31.9 Å². The molecule has 0 spiro atoms. The van der Waals surface area contributed by atoms with E-state index in [2.05, 4.69) is 11.1 Å². The molecule has 1 aromatic heterocycles. The topological polar surface area (TPSA) is 38.9 Å². The van der Waals surface area contributed by atoms with Gasteiger partial charge in [-0.15, -0.1) is 0 Å². The number of hydrogen-bond acceptors (Lipinski definition) is 2. The molecule has 2 nitrogen and oxygen atoms in total. The van der Waals surface area contributed by atoms with E-state index in [9.17, 15) is 0 Å². The quantitative estimate of drug-likeness (QED) is 0.767. The van der Waals surface area contributed by atoms with Crippen molar-refractivity contribution < 1.29 is 0 Å². The second-order valence-corrected chi connectivity index (χ2v) is 3.88. The summed E-state index contributed by atoms with van der Waals surface area (Å²) in [5.41, 5.74) is 6.82. The second-order valence-electron chi connectivity index (χ2n) is 3.88. The molecule has 0 radical (unpaired) electrons. The van der Waals surface area contributed by atoms with Crippen LogP contribution in [0.1, 0.15) is 25.8 Å². The lowest BCUT2D eigenvalue weighted by atomic mass is 10.0. The van der Waals surface area contributed by atoms with E-state index in [1.54, 1.807) is 6.20 Å². The van der Waals surface area contributed by atoms with Crippen molar-refractivity contribution >= 4 is 6.08 Å². The summed E-state index contributed by atoms with van der Waals surface area (Å²) in [6, 6.07) is 3.94. The maximum absolute atomic E-state index is 5.83. The van der Waals surface area contributed by atoms with E-state index < -0.39 is 0 Å². The van der Waals surface area contributed by atoms with Gasteiger partial charge in [0.2, 0.25) is 0 Å². The zero-order valence-electron chi connectivity index (χ0n) is 8.20. The molecule has 0 aliphatic carbocycles. The smallest absolute Gasteiger partial charge is 0.0340 e. The first-order chi connectivity index (χ1) is 6.08. The summed E-state index contributed by atoms with van der Waals surface area (Å²) in [4.78, 5) is 4.02. The molecule has 2 heteroatoms. The molecular formula is C11H16N2. The van der Waals surface area contributed by atoms with Gasteiger partial charge in [-0.2, -0.15) is 0 Å². The fourth-order valence-corrected chi connectivity index (χ4v) is 0.973. The summed E-state index contributed by atoms with van der Waals surface area (Å²) in [7, 11) is 0. The van der Waals surface area contributed by atoms with Gasteiger partial charge in [0.15, 0.2) is 0 Å². The van der Waals surface area contributed by atoms with Crippen molar-refractivity contribution in [3.63, 3.8) is 0 Å². The van der Waals surface area contributed by atoms with Gasteiger partial charge in [0.05, 0.1) is 0 Å². The molecule has 0 aliphatic heterocycles. The van der Waals surface area contributed by atoms with E-state index in [1.807, 2.05) is 38.3 Å². The molecule has 0 amide bonds. The Bertz CT molecular complexity index is 270. The number of aromatic nitrogens is 1. The number of hydrogen-bond donors (Lipinski definition) is 1. The highest BCUT2D eigenvalue weighted by molar-refractivity contribution is 5.47. The van der Waals surface area contributed by atoms with E-state index in [0.717, 1.165) is 12.0 Å². The number of rotatable bonds is 3. The molecule has 0 atom stereocenters. The third-order valence-electron chi connectivity index (χ3n) is 1.64. The normalized spacial score (nSPS) is 12.2. The zero-order chi connectivity index (χ0) is 9.73. The molecular weight excluding hydrogens is 160 g/mol. The van der Waals surface area contributed by atoms with Crippen LogP contribution in [0.3, 0.4) is 0 Å².